The van der Waals surface area contributed by atoms with Crippen molar-refractivity contribution in [2.75, 3.05) is 13.1 Å². The highest BCUT2D eigenvalue weighted by atomic mass is 16.5. The van der Waals surface area contributed by atoms with Crippen LogP contribution in [0.4, 0.5) is 0 Å². The lowest BCUT2D eigenvalue weighted by atomic mass is 9.47. The number of nitrogens with two attached hydrogens (primary N) is 2. The van der Waals surface area contributed by atoms with Gasteiger partial charge >= 0.3 is 5.97 Å². The summed E-state index contributed by atoms with van der Waals surface area (Å²) in [6.45, 7) is 24.0. The third-order valence-electron chi connectivity index (χ3n) is 14.5. The molecule has 0 bridgehead atoms. The molecule has 1 amide bonds. The van der Waals surface area contributed by atoms with E-state index in [2.05, 4.69) is 47.6 Å². The first kappa shape index (κ1) is 40.4. The summed E-state index contributed by atoms with van der Waals surface area (Å²) in [5.74, 6) is 5.49. The average Bonchev–Trinajstić information content (AvgIpc) is 3.36. The number of allylic oxidation sites excluding steroid dienone is 1. The standard InChI is InChI=1S/C43H77N3O3/c1-11-31(29(2)3)13-12-30(4)35-16-17-36-34-15-14-32-28-33(20-22-42(32,9)37(34)21-23-43(35,36)10)49-39(48)19-18-38(47)46(26-24-40(5,6)44)27-25-41(7,8)45/h14,29-31,33-37H,11-13,15-28,44-45H2,1-10H3/t30-,31-,33+,34+,35-,36+,37+,42+,43-/m1/s1. The van der Waals surface area contributed by atoms with E-state index in [1.54, 1.807) is 5.57 Å². The molecule has 6 nitrogen and oxygen atoms in total. The quantitative estimate of drug-likeness (QED) is 0.125. The molecule has 282 valence electrons. The largest absolute Gasteiger partial charge is 0.462 e. The molecule has 4 N–H and O–H groups in total. The van der Waals surface area contributed by atoms with Crippen LogP contribution in [0.2, 0.25) is 0 Å². The number of ether oxygens (including phenoxy) is 1. The SMILES string of the molecule is CC[C@H](CC[C@@H](C)[C@H]1CC[C@H]2[C@@H]3CC=C4C[C@@H](OC(=O)CCC(=O)N(CCC(C)(C)N)CCC(C)(C)N)CC[C@]4(C)[C@H]3CC[C@]12C)C(C)C. The van der Waals surface area contributed by atoms with Gasteiger partial charge in [-0.2, -0.15) is 0 Å². The Kier molecular flexibility index (Phi) is 13.3. The molecule has 4 aliphatic carbocycles. The lowest BCUT2D eigenvalue weighted by Gasteiger charge is -2.58. The zero-order chi connectivity index (χ0) is 36.4. The summed E-state index contributed by atoms with van der Waals surface area (Å²) in [5, 5.41) is 0. The maximum absolute atomic E-state index is 13.2. The molecule has 0 radical (unpaired) electrons. The first-order valence-electron chi connectivity index (χ1n) is 20.5. The van der Waals surface area contributed by atoms with Gasteiger partial charge in [0, 0.05) is 37.0 Å². The summed E-state index contributed by atoms with van der Waals surface area (Å²) in [5.41, 5.74) is 14.0. The Morgan fingerprint density at radius 2 is 1.57 bits per heavy atom. The van der Waals surface area contributed by atoms with Crippen LogP contribution >= 0.6 is 0 Å². The van der Waals surface area contributed by atoms with E-state index in [0.29, 0.717) is 31.3 Å². The highest BCUT2D eigenvalue weighted by Crippen LogP contribution is 2.67. The minimum Gasteiger partial charge on any atom is -0.462 e. The highest BCUT2D eigenvalue weighted by molar-refractivity contribution is 5.81. The van der Waals surface area contributed by atoms with Gasteiger partial charge in [0.25, 0.3) is 0 Å². The zero-order valence-electron chi connectivity index (χ0n) is 33.5. The van der Waals surface area contributed by atoms with Gasteiger partial charge in [-0.3, -0.25) is 9.59 Å². The first-order chi connectivity index (χ1) is 22.8. The molecule has 3 saturated carbocycles. The highest BCUT2D eigenvalue weighted by Gasteiger charge is 2.59. The summed E-state index contributed by atoms with van der Waals surface area (Å²) in [6.07, 6.45) is 18.0. The van der Waals surface area contributed by atoms with Gasteiger partial charge in [-0.1, -0.05) is 66.0 Å². The van der Waals surface area contributed by atoms with Gasteiger partial charge in [-0.05, 0) is 144 Å². The van der Waals surface area contributed by atoms with Crippen LogP contribution in [0.1, 0.15) is 166 Å². The lowest BCUT2D eigenvalue weighted by molar-refractivity contribution is -0.153. The summed E-state index contributed by atoms with van der Waals surface area (Å²) >= 11 is 0. The second-order valence-corrected chi connectivity index (χ2v) is 19.7. The number of esters is 1. The number of fused-ring (bicyclic) bond motifs is 5. The van der Waals surface area contributed by atoms with E-state index in [4.69, 9.17) is 16.2 Å². The maximum atomic E-state index is 13.2. The van der Waals surface area contributed by atoms with E-state index in [0.717, 1.165) is 60.7 Å². The van der Waals surface area contributed by atoms with E-state index in [-0.39, 0.29) is 47.3 Å². The molecule has 0 saturated heterocycles. The molecule has 49 heavy (non-hydrogen) atoms. The van der Waals surface area contributed by atoms with E-state index in [1.165, 1.54) is 51.4 Å². The van der Waals surface area contributed by atoms with Crippen molar-refractivity contribution in [2.45, 2.75) is 183 Å². The molecular formula is C43H77N3O3. The zero-order valence-corrected chi connectivity index (χ0v) is 33.5. The fourth-order valence-electron chi connectivity index (χ4n) is 11.2. The molecule has 4 aliphatic rings. The second-order valence-electron chi connectivity index (χ2n) is 19.7. The number of hydrogen-bond acceptors (Lipinski definition) is 5. The topological polar surface area (TPSA) is 98.7 Å². The van der Waals surface area contributed by atoms with Crippen LogP contribution in [0.15, 0.2) is 11.6 Å². The fourth-order valence-corrected chi connectivity index (χ4v) is 11.2. The smallest absolute Gasteiger partial charge is 0.306 e. The molecule has 0 spiro atoms. The number of amides is 1. The summed E-state index contributed by atoms with van der Waals surface area (Å²) in [7, 11) is 0. The second kappa shape index (κ2) is 16.1. The predicted molar refractivity (Wildman–Crippen MR) is 204 cm³/mol. The monoisotopic (exact) mass is 684 g/mol. The number of rotatable bonds is 16. The van der Waals surface area contributed by atoms with Gasteiger partial charge in [0.2, 0.25) is 5.91 Å². The molecule has 0 heterocycles. The number of carbonyl (C=O) groups is 2. The van der Waals surface area contributed by atoms with Crippen LogP contribution in [0.5, 0.6) is 0 Å². The van der Waals surface area contributed by atoms with E-state index in [1.807, 2.05) is 32.6 Å². The Morgan fingerprint density at radius 1 is 0.918 bits per heavy atom. The number of carbonyl (C=O) groups excluding carboxylic acids is 2. The van der Waals surface area contributed by atoms with Crippen molar-refractivity contribution in [3.63, 3.8) is 0 Å². The van der Waals surface area contributed by atoms with Crippen molar-refractivity contribution in [1.82, 2.24) is 4.90 Å². The molecule has 3 fully saturated rings. The number of hydrogen-bond donors (Lipinski definition) is 2. The molecule has 4 rings (SSSR count). The van der Waals surface area contributed by atoms with Crippen molar-refractivity contribution in [3.05, 3.63) is 11.6 Å². The Hall–Kier alpha value is -1.40. The molecule has 0 unspecified atom stereocenters. The van der Waals surface area contributed by atoms with Crippen LogP contribution in [-0.4, -0.2) is 47.0 Å². The molecule has 6 heteroatoms. The molecular weight excluding hydrogens is 606 g/mol. The summed E-state index contributed by atoms with van der Waals surface area (Å²) < 4.78 is 6.08. The minimum atomic E-state index is -0.361. The Bertz CT molecular complexity index is 1130. The van der Waals surface area contributed by atoms with E-state index >= 15 is 0 Å². The molecule has 9 atom stereocenters. The Balaban J connectivity index is 1.31. The minimum absolute atomic E-state index is 0.0174. The summed E-state index contributed by atoms with van der Waals surface area (Å²) in [6, 6.07) is 0. The van der Waals surface area contributed by atoms with Crippen molar-refractivity contribution in [1.29, 1.82) is 0 Å². The van der Waals surface area contributed by atoms with Crippen LogP contribution in [0.25, 0.3) is 0 Å². The average molecular weight is 684 g/mol. The summed E-state index contributed by atoms with van der Waals surface area (Å²) in [4.78, 5) is 28.1. The predicted octanol–water partition coefficient (Wildman–Crippen LogP) is 9.44. The van der Waals surface area contributed by atoms with Crippen molar-refractivity contribution in [2.24, 2.45) is 63.7 Å². The lowest BCUT2D eigenvalue weighted by Crippen LogP contribution is -2.51. The fraction of sp³-hybridized carbons (Fsp3) is 0.907. The molecule has 0 aromatic rings. The van der Waals surface area contributed by atoms with Gasteiger partial charge in [-0.25, -0.2) is 0 Å². The third-order valence-corrected chi connectivity index (χ3v) is 14.5. The van der Waals surface area contributed by atoms with Crippen LogP contribution in [-0.2, 0) is 14.3 Å². The van der Waals surface area contributed by atoms with E-state index in [9.17, 15) is 9.59 Å². The Labute approximate surface area is 301 Å². The van der Waals surface area contributed by atoms with Crippen LogP contribution in [0.3, 0.4) is 0 Å². The molecule has 0 aromatic carbocycles. The van der Waals surface area contributed by atoms with Crippen molar-refractivity contribution >= 4 is 11.9 Å². The van der Waals surface area contributed by atoms with Gasteiger partial charge in [-0.15, -0.1) is 0 Å². The first-order valence-corrected chi connectivity index (χ1v) is 20.5. The maximum Gasteiger partial charge on any atom is 0.306 e. The van der Waals surface area contributed by atoms with Gasteiger partial charge in [0.05, 0.1) is 6.42 Å². The normalized spacial score (nSPS) is 32.8. The molecule has 0 aromatic heterocycles. The van der Waals surface area contributed by atoms with Crippen LogP contribution in [0, 0.1) is 52.3 Å². The number of nitrogens with zero attached hydrogens (tertiary/aromatic N) is 1. The van der Waals surface area contributed by atoms with Crippen LogP contribution < -0.4 is 11.5 Å². The van der Waals surface area contributed by atoms with Gasteiger partial charge in [0.1, 0.15) is 6.10 Å². The van der Waals surface area contributed by atoms with Crippen molar-refractivity contribution < 1.29 is 14.3 Å². The van der Waals surface area contributed by atoms with Gasteiger partial charge < -0.3 is 21.1 Å². The van der Waals surface area contributed by atoms with Crippen molar-refractivity contribution in [3.8, 4) is 0 Å². The Morgan fingerprint density at radius 3 is 2.16 bits per heavy atom. The van der Waals surface area contributed by atoms with E-state index < -0.39 is 0 Å². The van der Waals surface area contributed by atoms with Gasteiger partial charge in [0.15, 0.2) is 0 Å². The molecule has 0 aliphatic heterocycles. The third kappa shape index (κ3) is 9.93.